The molecule has 0 bridgehead atoms. The van der Waals surface area contributed by atoms with Gasteiger partial charge in [-0.1, -0.05) is 0 Å². The SMILES string of the molecule is [CH2]=[Al][CH]1Cc2nncn2-c2cc3c(cc21)OCO3. The van der Waals surface area contributed by atoms with Crippen LogP contribution in [0.2, 0.25) is 0 Å². The molecule has 1 aromatic carbocycles. The average Bonchev–Trinajstić information content (AvgIpc) is 3.03. The summed E-state index contributed by atoms with van der Waals surface area (Å²) in [5.74, 6) is 2.64. The van der Waals surface area contributed by atoms with E-state index in [1.165, 1.54) is 5.56 Å². The van der Waals surface area contributed by atoms with Gasteiger partial charge in [0.2, 0.25) is 0 Å². The molecule has 6 heteroatoms. The first-order chi connectivity index (χ1) is 8.86. The van der Waals surface area contributed by atoms with Gasteiger partial charge in [-0.15, -0.1) is 0 Å². The van der Waals surface area contributed by atoms with Crippen molar-refractivity contribution in [2.75, 3.05) is 6.79 Å². The summed E-state index contributed by atoms with van der Waals surface area (Å²) in [5, 5.41) is 12.3. The Kier molecular flexibility index (Phi) is 2.10. The molecule has 1 atom stereocenters. The van der Waals surface area contributed by atoms with Crippen LogP contribution in [0.25, 0.3) is 5.69 Å². The van der Waals surface area contributed by atoms with Crippen LogP contribution < -0.4 is 9.47 Å². The molecule has 1 unspecified atom stereocenters. The Balaban J connectivity index is 2.00. The molecule has 1 aromatic heterocycles. The molecule has 3 heterocycles. The molecule has 88 valence electrons. The number of nitrogens with zero attached hydrogens (tertiary/aromatic N) is 3. The summed E-state index contributed by atoms with van der Waals surface area (Å²) in [6.07, 6.45) is 2.66. The monoisotopic (exact) mass is 255 g/mol. The van der Waals surface area contributed by atoms with E-state index in [1.807, 2.05) is 10.6 Å². The fraction of sp³-hybridized carbons (Fsp3) is 0.250. The van der Waals surface area contributed by atoms with Crippen LogP contribution in [-0.4, -0.2) is 41.7 Å². The predicted molar refractivity (Wildman–Crippen MR) is 66.8 cm³/mol. The van der Waals surface area contributed by atoms with Crippen molar-refractivity contribution in [1.29, 1.82) is 0 Å². The molecule has 0 aliphatic carbocycles. The van der Waals surface area contributed by atoms with Crippen molar-refractivity contribution in [3.8, 4) is 17.2 Å². The molecule has 5 nitrogen and oxygen atoms in total. The molecule has 0 saturated carbocycles. The van der Waals surface area contributed by atoms with Crippen LogP contribution in [-0.2, 0) is 6.42 Å². The number of ether oxygens (including phenoxy) is 2. The average molecular weight is 255 g/mol. The van der Waals surface area contributed by atoms with Gasteiger partial charge in [-0.2, -0.15) is 0 Å². The third kappa shape index (κ3) is 1.30. The zero-order chi connectivity index (χ0) is 12.1. The van der Waals surface area contributed by atoms with Crippen LogP contribution in [0.4, 0.5) is 0 Å². The summed E-state index contributed by atoms with van der Waals surface area (Å²) in [5.41, 5.74) is 2.38. The van der Waals surface area contributed by atoms with Gasteiger partial charge < -0.3 is 0 Å². The Labute approximate surface area is 110 Å². The van der Waals surface area contributed by atoms with E-state index in [1.54, 1.807) is 6.33 Å². The molecule has 18 heavy (non-hydrogen) atoms. The maximum atomic E-state index is 5.45. The van der Waals surface area contributed by atoms with Crippen LogP contribution in [0.5, 0.6) is 11.5 Å². The summed E-state index contributed by atoms with van der Waals surface area (Å²) in [7, 11) is 0. The van der Waals surface area contributed by atoms with Gasteiger partial charge in [0.25, 0.3) is 0 Å². The number of aromatic nitrogens is 3. The normalized spacial score (nSPS) is 19.0. The number of fused-ring (bicyclic) bond motifs is 4. The van der Waals surface area contributed by atoms with Gasteiger partial charge in [0, 0.05) is 0 Å². The fourth-order valence-electron chi connectivity index (χ4n) is 2.57. The first-order valence-corrected chi connectivity index (χ1v) is 7.30. The molecule has 2 aliphatic heterocycles. The molecule has 4 rings (SSSR count). The topological polar surface area (TPSA) is 49.2 Å². The molecule has 0 fully saturated rings. The van der Waals surface area contributed by atoms with Gasteiger partial charge in [-0.3, -0.25) is 0 Å². The van der Waals surface area contributed by atoms with Gasteiger partial charge >= 0.3 is 109 Å². The van der Waals surface area contributed by atoms with Crippen molar-refractivity contribution in [3.05, 3.63) is 29.8 Å². The minimum absolute atomic E-state index is 0.0923. The molecule has 0 saturated heterocycles. The number of benzene rings is 1. The van der Waals surface area contributed by atoms with Crippen molar-refractivity contribution >= 4 is 20.2 Å². The van der Waals surface area contributed by atoms with Crippen molar-refractivity contribution in [2.45, 2.75) is 11.2 Å². The van der Waals surface area contributed by atoms with Gasteiger partial charge in [-0.05, 0) is 0 Å². The summed E-state index contributed by atoms with van der Waals surface area (Å²) in [4.78, 5) is 0. The molecule has 2 aliphatic rings. The van der Waals surface area contributed by atoms with Crippen LogP contribution in [0.15, 0.2) is 18.5 Å². The van der Waals surface area contributed by atoms with Crippen LogP contribution in [0.1, 0.15) is 16.2 Å². The van der Waals surface area contributed by atoms with Gasteiger partial charge in [-0.25, -0.2) is 0 Å². The quantitative estimate of drug-likeness (QED) is 0.705. The van der Waals surface area contributed by atoms with E-state index in [2.05, 4.69) is 21.6 Å². The number of rotatable bonds is 1. The zero-order valence-electron chi connectivity index (χ0n) is 9.67. The zero-order valence-corrected chi connectivity index (χ0v) is 10.8. The van der Waals surface area contributed by atoms with Crippen molar-refractivity contribution in [1.82, 2.24) is 14.8 Å². The Bertz CT molecular complexity index is 653. The first-order valence-electron chi connectivity index (χ1n) is 5.82. The summed E-state index contributed by atoms with van der Waals surface area (Å²) >= 11 is 0.0923. The minimum atomic E-state index is 0.0923. The van der Waals surface area contributed by atoms with E-state index >= 15 is 0 Å². The predicted octanol–water partition coefficient (Wildman–Crippen LogP) is 0.729. The van der Waals surface area contributed by atoms with E-state index in [9.17, 15) is 0 Å². The number of hydrogen-bond donors (Lipinski definition) is 0. The summed E-state index contributed by atoms with van der Waals surface area (Å²) < 4.78 is 13.4. The summed E-state index contributed by atoms with van der Waals surface area (Å²) in [6, 6.07) is 4.11. The van der Waals surface area contributed by atoms with Crippen molar-refractivity contribution in [2.24, 2.45) is 0 Å². The van der Waals surface area contributed by atoms with Gasteiger partial charge in [0.15, 0.2) is 0 Å². The molecule has 2 aromatic rings. The third-order valence-electron chi connectivity index (χ3n) is 3.49. The molecule has 0 amide bonds. The van der Waals surface area contributed by atoms with Crippen LogP contribution in [0.3, 0.4) is 0 Å². The van der Waals surface area contributed by atoms with E-state index in [0.29, 0.717) is 11.6 Å². The second-order valence-corrected chi connectivity index (χ2v) is 5.70. The van der Waals surface area contributed by atoms with Gasteiger partial charge in [0.05, 0.1) is 0 Å². The number of hydrogen-bond acceptors (Lipinski definition) is 4. The van der Waals surface area contributed by atoms with Crippen LogP contribution in [0, 0.1) is 0 Å². The van der Waals surface area contributed by atoms with E-state index < -0.39 is 0 Å². The summed E-state index contributed by atoms with van der Waals surface area (Å²) in [6.45, 7) is 0.301. The fourth-order valence-corrected chi connectivity index (χ4v) is 3.47. The Morgan fingerprint density at radius 2 is 2.17 bits per heavy atom. The molecule has 0 N–H and O–H groups in total. The third-order valence-corrected chi connectivity index (χ3v) is 4.65. The van der Waals surface area contributed by atoms with E-state index in [4.69, 9.17) is 9.47 Å². The van der Waals surface area contributed by atoms with Crippen LogP contribution >= 0.6 is 0 Å². The Morgan fingerprint density at radius 1 is 1.33 bits per heavy atom. The standard InChI is InChI=1S/C11H8N3O2.CH2.Al/c1-2-11-13-12-5-14(11)8-4-10-9(3-7(1)8)15-6-16-10;;/h1,3-5H,2,6H2;1H2;. The molecule has 0 radical (unpaired) electrons. The molecular weight excluding hydrogens is 245 g/mol. The second-order valence-electron chi connectivity index (χ2n) is 4.43. The van der Waals surface area contributed by atoms with Gasteiger partial charge in [0.1, 0.15) is 0 Å². The molecular formula is C12H10AlN3O2. The second kappa shape index (κ2) is 3.68. The van der Waals surface area contributed by atoms with Crippen molar-refractivity contribution in [3.63, 3.8) is 0 Å². The van der Waals surface area contributed by atoms with E-state index in [0.717, 1.165) is 29.4 Å². The van der Waals surface area contributed by atoms with E-state index in [-0.39, 0.29) is 14.8 Å². The Morgan fingerprint density at radius 3 is 3.00 bits per heavy atom. The maximum absolute atomic E-state index is 5.45. The van der Waals surface area contributed by atoms with Crippen molar-refractivity contribution < 1.29 is 9.47 Å². The first kappa shape index (κ1) is 10.3. The molecule has 0 spiro atoms. The Hall–Kier alpha value is -1.64.